The largest absolute Gasteiger partial charge is 0.492 e. The Hall–Kier alpha value is -2.85. The molecule has 0 aromatic heterocycles. The van der Waals surface area contributed by atoms with Crippen LogP contribution in [0.1, 0.15) is 32.3 Å². The summed E-state index contributed by atoms with van der Waals surface area (Å²) in [5.74, 6) is -0.470. The van der Waals surface area contributed by atoms with Gasteiger partial charge in [0.15, 0.2) is 17.7 Å². The molecule has 2 N–H and O–H groups in total. The summed E-state index contributed by atoms with van der Waals surface area (Å²) in [5.41, 5.74) is 0.979. The summed E-state index contributed by atoms with van der Waals surface area (Å²) in [4.78, 5) is 25.7. The van der Waals surface area contributed by atoms with E-state index in [9.17, 15) is 23.5 Å². The highest BCUT2D eigenvalue weighted by atomic mass is 32.2. The third-order valence-electron chi connectivity index (χ3n) is 5.14. The van der Waals surface area contributed by atoms with E-state index in [4.69, 9.17) is 9.47 Å². The van der Waals surface area contributed by atoms with Gasteiger partial charge in [-0.3, -0.25) is 0 Å². The minimum atomic E-state index is -1.03. The molecular weight excluding hydrogens is 490 g/mol. The van der Waals surface area contributed by atoms with E-state index in [2.05, 4.69) is 12.2 Å². The molecule has 2 aromatic carbocycles. The normalized spacial score (nSPS) is 11.7. The number of nitrogens with zero attached hydrogens (tertiary/aromatic N) is 1. The number of nitrogens with one attached hydrogen (secondary N) is 1. The van der Waals surface area contributed by atoms with Crippen LogP contribution in [-0.4, -0.2) is 65.9 Å². The third kappa shape index (κ3) is 10.4. The van der Waals surface area contributed by atoms with E-state index in [1.165, 1.54) is 6.07 Å². The molecule has 0 heterocycles. The van der Waals surface area contributed by atoms with Gasteiger partial charge >= 0.3 is 12.0 Å². The summed E-state index contributed by atoms with van der Waals surface area (Å²) in [7, 11) is 0. The fraction of sp³-hybridized carbons (Fsp3) is 0.462. The molecule has 0 aliphatic heterocycles. The van der Waals surface area contributed by atoms with Gasteiger partial charge in [0, 0.05) is 31.3 Å². The first-order chi connectivity index (χ1) is 17.3. The van der Waals surface area contributed by atoms with Crippen LogP contribution < -0.4 is 10.1 Å². The van der Waals surface area contributed by atoms with Crippen LogP contribution in [0.3, 0.4) is 0 Å². The maximum absolute atomic E-state index is 13.5. The summed E-state index contributed by atoms with van der Waals surface area (Å²) < 4.78 is 37.8. The zero-order chi connectivity index (χ0) is 26.3. The molecule has 2 rings (SSSR count). The second kappa shape index (κ2) is 16.0. The molecule has 0 saturated carbocycles. The van der Waals surface area contributed by atoms with Gasteiger partial charge in [-0.05, 0) is 61.1 Å². The van der Waals surface area contributed by atoms with Crippen LogP contribution in [0.25, 0.3) is 0 Å². The molecule has 0 saturated heterocycles. The smallest absolute Gasteiger partial charge is 0.333 e. The Morgan fingerprint density at radius 2 is 1.81 bits per heavy atom. The maximum Gasteiger partial charge on any atom is 0.333 e. The molecule has 0 bridgehead atoms. The number of carboxylic acids is 1. The predicted octanol–water partition coefficient (Wildman–Crippen LogP) is 5.44. The van der Waals surface area contributed by atoms with Crippen LogP contribution in [0.2, 0.25) is 0 Å². The molecular formula is C26H34F2N2O5S. The van der Waals surface area contributed by atoms with Crippen LogP contribution in [0, 0.1) is 11.6 Å². The van der Waals surface area contributed by atoms with E-state index < -0.39 is 29.7 Å². The van der Waals surface area contributed by atoms with Gasteiger partial charge in [-0.25, -0.2) is 18.4 Å². The first kappa shape index (κ1) is 29.4. The van der Waals surface area contributed by atoms with Crippen molar-refractivity contribution in [3.8, 4) is 5.75 Å². The molecule has 7 nitrogen and oxygen atoms in total. The van der Waals surface area contributed by atoms with Gasteiger partial charge in [0.05, 0.1) is 6.54 Å². The maximum atomic E-state index is 13.5. The van der Waals surface area contributed by atoms with Crippen LogP contribution in [-0.2, 0) is 16.0 Å². The number of aliphatic carboxylic acids is 1. The first-order valence-corrected chi connectivity index (χ1v) is 13.1. The number of hydrogen-bond acceptors (Lipinski definition) is 5. The van der Waals surface area contributed by atoms with Crippen molar-refractivity contribution in [1.29, 1.82) is 0 Å². The Morgan fingerprint density at radius 3 is 2.44 bits per heavy atom. The lowest BCUT2D eigenvalue weighted by molar-refractivity contribution is -0.149. The summed E-state index contributed by atoms with van der Waals surface area (Å²) >= 11 is 1.82. The van der Waals surface area contributed by atoms with Gasteiger partial charge in [-0.2, -0.15) is 11.8 Å². The second-order valence-corrected chi connectivity index (χ2v) is 9.22. The van der Waals surface area contributed by atoms with Crippen molar-refractivity contribution in [2.45, 2.75) is 39.2 Å². The highest BCUT2D eigenvalue weighted by molar-refractivity contribution is 7.99. The molecule has 10 heteroatoms. The number of benzene rings is 2. The SMILES string of the molecule is CCCSCCCN(CCOc1ccc(CC(OCC)C(=O)O)cc1)C(=O)Nc1ccc(F)c(F)c1. The van der Waals surface area contributed by atoms with Crippen LogP contribution >= 0.6 is 11.8 Å². The Kier molecular flexibility index (Phi) is 13.1. The number of urea groups is 1. The van der Waals surface area contributed by atoms with E-state index in [0.717, 1.165) is 42.0 Å². The van der Waals surface area contributed by atoms with E-state index in [0.29, 0.717) is 25.4 Å². The van der Waals surface area contributed by atoms with Gasteiger partial charge in [-0.15, -0.1) is 0 Å². The number of ether oxygens (including phenoxy) is 2. The van der Waals surface area contributed by atoms with E-state index in [-0.39, 0.29) is 18.7 Å². The minimum absolute atomic E-state index is 0.174. The standard InChI is InChI=1S/C26H34F2N2O5S/c1-3-15-36-16-5-12-30(26(33)29-20-8-11-22(27)23(28)18-20)13-14-35-21-9-6-19(7-10-21)17-24(25(31)32)34-4-2/h6-11,18,24H,3-5,12-17H2,1-2H3,(H,29,33)(H,31,32). The Bertz CT molecular complexity index is 962. The van der Waals surface area contributed by atoms with Crippen molar-refractivity contribution in [2.24, 2.45) is 0 Å². The van der Waals surface area contributed by atoms with Crippen LogP contribution in [0.15, 0.2) is 42.5 Å². The van der Waals surface area contributed by atoms with Gasteiger partial charge in [0.25, 0.3) is 0 Å². The van der Waals surface area contributed by atoms with Gasteiger partial charge < -0.3 is 24.8 Å². The fourth-order valence-corrected chi connectivity index (χ4v) is 4.15. The lowest BCUT2D eigenvalue weighted by Crippen LogP contribution is -2.38. The van der Waals surface area contributed by atoms with Crippen LogP contribution in [0.4, 0.5) is 19.3 Å². The van der Waals surface area contributed by atoms with Crippen molar-refractivity contribution in [3.63, 3.8) is 0 Å². The van der Waals surface area contributed by atoms with Crippen molar-refractivity contribution in [3.05, 3.63) is 59.7 Å². The molecule has 0 aliphatic carbocycles. The predicted molar refractivity (Wildman–Crippen MR) is 138 cm³/mol. The van der Waals surface area contributed by atoms with Crippen molar-refractivity contribution < 1.29 is 33.0 Å². The molecule has 2 amide bonds. The number of amides is 2. The first-order valence-electron chi connectivity index (χ1n) is 12.0. The van der Waals surface area contributed by atoms with Crippen molar-refractivity contribution in [2.75, 3.05) is 43.1 Å². The number of carbonyl (C=O) groups excluding carboxylic acids is 1. The molecule has 1 atom stereocenters. The highest BCUT2D eigenvalue weighted by Crippen LogP contribution is 2.16. The zero-order valence-electron chi connectivity index (χ0n) is 20.7. The quantitative estimate of drug-likeness (QED) is 0.284. The van der Waals surface area contributed by atoms with Gasteiger partial charge in [0.1, 0.15) is 12.4 Å². The molecule has 198 valence electrons. The van der Waals surface area contributed by atoms with E-state index in [1.807, 2.05) is 11.8 Å². The molecule has 1 unspecified atom stereocenters. The minimum Gasteiger partial charge on any atom is -0.492 e. The van der Waals surface area contributed by atoms with Gasteiger partial charge in [0.2, 0.25) is 0 Å². The fourth-order valence-electron chi connectivity index (χ4n) is 3.32. The molecule has 0 radical (unpaired) electrons. The Labute approximate surface area is 215 Å². The number of carbonyl (C=O) groups is 2. The summed E-state index contributed by atoms with van der Waals surface area (Å²) in [6.07, 6.45) is 1.21. The molecule has 0 spiro atoms. The number of rotatable bonds is 16. The average molecular weight is 525 g/mol. The van der Waals surface area contributed by atoms with Crippen molar-refractivity contribution in [1.82, 2.24) is 4.90 Å². The van der Waals surface area contributed by atoms with E-state index >= 15 is 0 Å². The lowest BCUT2D eigenvalue weighted by Gasteiger charge is -2.23. The summed E-state index contributed by atoms with van der Waals surface area (Å²) in [5, 5.41) is 11.8. The average Bonchev–Trinajstić information content (AvgIpc) is 2.85. The summed E-state index contributed by atoms with van der Waals surface area (Å²) in [6.45, 7) is 5.18. The number of thioether (sulfide) groups is 1. The van der Waals surface area contributed by atoms with Crippen molar-refractivity contribution >= 4 is 29.4 Å². The molecule has 0 aliphatic rings. The van der Waals surface area contributed by atoms with E-state index in [1.54, 1.807) is 36.1 Å². The monoisotopic (exact) mass is 524 g/mol. The Morgan fingerprint density at radius 1 is 1.06 bits per heavy atom. The Balaban J connectivity index is 1.92. The number of carboxylic acid groups (broad SMARTS) is 1. The lowest BCUT2D eigenvalue weighted by atomic mass is 10.1. The number of halogens is 2. The van der Waals surface area contributed by atoms with Crippen LogP contribution in [0.5, 0.6) is 5.75 Å². The number of anilines is 1. The second-order valence-electron chi connectivity index (χ2n) is 7.99. The topological polar surface area (TPSA) is 88.1 Å². The molecule has 0 fully saturated rings. The highest BCUT2D eigenvalue weighted by Gasteiger charge is 2.18. The molecule has 2 aromatic rings. The van der Waals surface area contributed by atoms with Gasteiger partial charge in [-0.1, -0.05) is 19.1 Å². The zero-order valence-corrected chi connectivity index (χ0v) is 21.5. The number of hydrogen-bond donors (Lipinski definition) is 2. The molecule has 36 heavy (non-hydrogen) atoms. The third-order valence-corrected chi connectivity index (χ3v) is 6.42. The summed E-state index contributed by atoms with van der Waals surface area (Å²) in [6, 6.07) is 9.85.